The zero-order chi connectivity index (χ0) is 13.7. The first kappa shape index (κ1) is 12.9. The summed E-state index contributed by atoms with van der Waals surface area (Å²) in [6, 6.07) is 13.7. The summed E-state index contributed by atoms with van der Waals surface area (Å²) < 4.78 is 5.11. The van der Waals surface area contributed by atoms with E-state index in [9.17, 15) is 9.90 Å². The van der Waals surface area contributed by atoms with Crippen molar-refractivity contribution in [2.45, 2.75) is 0 Å². The third-order valence-electron chi connectivity index (χ3n) is 2.65. The van der Waals surface area contributed by atoms with Crippen molar-refractivity contribution in [2.75, 3.05) is 7.11 Å². The van der Waals surface area contributed by atoms with E-state index in [0.717, 1.165) is 11.3 Å². The van der Waals surface area contributed by atoms with Crippen LogP contribution in [0.2, 0.25) is 0 Å². The van der Waals surface area contributed by atoms with E-state index in [1.165, 1.54) is 18.2 Å². The lowest BCUT2D eigenvalue weighted by Crippen LogP contribution is -1.93. The van der Waals surface area contributed by atoms with Gasteiger partial charge in [-0.3, -0.25) is 4.79 Å². The standard InChI is InChI=1S/C16H14O3/c1-19-15-7-2-4-12(10-15)8-9-16(18)13-5-3-6-14(17)11-13/h2-11,17H,1H3. The predicted molar refractivity (Wildman–Crippen MR) is 74.5 cm³/mol. The Bertz CT molecular complexity index is 615. The van der Waals surface area contributed by atoms with Crippen LogP contribution in [-0.2, 0) is 0 Å². The van der Waals surface area contributed by atoms with Gasteiger partial charge in [0.25, 0.3) is 0 Å². The molecule has 0 aromatic heterocycles. The normalized spacial score (nSPS) is 10.6. The summed E-state index contributed by atoms with van der Waals surface area (Å²) >= 11 is 0. The second-order valence-corrected chi connectivity index (χ2v) is 4.02. The number of hydrogen-bond donors (Lipinski definition) is 1. The molecule has 1 N–H and O–H groups in total. The summed E-state index contributed by atoms with van der Waals surface area (Å²) in [5.74, 6) is 0.673. The van der Waals surface area contributed by atoms with Gasteiger partial charge in [0.1, 0.15) is 11.5 Å². The van der Waals surface area contributed by atoms with E-state index < -0.39 is 0 Å². The smallest absolute Gasteiger partial charge is 0.185 e. The van der Waals surface area contributed by atoms with E-state index in [-0.39, 0.29) is 11.5 Å². The predicted octanol–water partition coefficient (Wildman–Crippen LogP) is 3.30. The molecule has 0 amide bonds. The Balaban J connectivity index is 2.16. The largest absolute Gasteiger partial charge is 0.508 e. The van der Waals surface area contributed by atoms with Gasteiger partial charge in [-0.05, 0) is 35.9 Å². The third kappa shape index (κ3) is 3.45. The molecule has 0 saturated carbocycles. The Labute approximate surface area is 111 Å². The molecule has 0 saturated heterocycles. The average molecular weight is 254 g/mol. The SMILES string of the molecule is COc1cccc(C=CC(=O)c2cccc(O)c2)c1. The average Bonchev–Trinajstić information content (AvgIpc) is 2.45. The molecule has 0 unspecified atom stereocenters. The van der Waals surface area contributed by atoms with Crippen LogP contribution in [0.4, 0.5) is 0 Å². The maximum Gasteiger partial charge on any atom is 0.185 e. The number of allylic oxidation sites excluding steroid dienone is 1. The molecule has 2 aromatic rings. The van der Waals surface area contributed by atoms with E-state index in [1.807, 2.05) is 24.3 Å². The molecule has 0 aliphatic carbocycles. The van der Waals surface area contributed by atoms with Crippen molar-refractivity contribution in [2.24, 2.45) is 0 Å². The number of ether oxygens (including phenoxy) is 1. The van der Waals surface area contributed by atoms with E-state index in [4.69, 9.17) is 4.74 Å². The fourth-order valence-electron chi connectivity index (χ4n) is 1.67. The first-order valence-electron chi connectivity index (χ1n) is 5.84. The Kier molecular flexibility index (Phi) is 3.98. The maximum absolute atomic E-state index is 11.9. The van der Waals surface area contributed by atoms with Crippen molar-refractivity contribution in [1.29, 1.82) is 0 Å². The Morgan fingerprint density at radius 2 is 1.95 bits per heavy atom. The zero-order valence-electron chi connectivity index (χ0n) is 10.5. The van der Waals surface area contributed by atoms with Crippen LogP contribution in [0, 0.1) is 0 Å². The molecule has 0 atom stereocenters. The van der Waals surface area contributed by atoms with Gasteiger partial charge < -0.3 is 9.84 Å². The van der Waals surface area contributed by atoms with Gasteiger partial charge in [-0.1, -0.05) is 30.3 Å². The topological polar surface area (TPSA) is 46.5 Å². The molecule has 3 heteroatoms. The van der Waals surface area contributed by atoms with Crippen LogP contribution in [-0.4, -0.2) is 18.0 Å². The van der Waals surface area contributed by atoms with Crippen molar-refractivity contribution in [1.82, 2.24) is 0 Å². The second-order valence-electron chi connectivity index (χ2n) is 4.02. The number of phenolic OH excluding ortho intramolecular Hbond substituents is 1. The maximum atomic E-state index is 11.9. The van der Waals surface area contributed by atoms with Gasteiger partial charge in [-0.25, -0.2) is 0 Å². The lowest BCUT2D eigenvalue weighted by molar-refractivity contribution is 0.104. The lowest BCUT2D eigenvalue weighted by Gasteiger charge is -2.00. The number of phenols is 1. The highest BCUT2D eigenvalue weighted by Gasteiger charge is 2.02. The van der Waals surface area contributed by atoms with Gasteiger partial charge in [-0.2, -0.15) is 0 Å². The van der Waals surface area contributed by atoms with Gasteiger partial charge in [0.15, 0.2) is 5.78 Å². The van der Waals surface area contributed by atoms with Crippen LogP contribution < -0.4 is 4.74 Å². The first-order valence-corrected chi connectivity index (χ1v) is 5.84. The fourth-order valence-corrected chi connectivity index (χ4v) is 1.67. The van der Waals surface area contributed by atoms with Crippen LogP contribution in [0.3, 0.4) is 0 Å². The van der Waals surface area contributed by atoms with E-state index >= 15 is 0 Å². The summed E-state index contributed by atoms with van der Waals surface area (Å²) in [5, 5.41) is 9.32. The van der Waals surface area contributed by atoms with Crippen molar-refractivity contribution in [3.63, 3.8) is 0 Å². The molecular formula is C16H14O3. The van der Waals surface area contributed by atoms with Gasteiger partial charge in [0, 0.05) is 5.56 Å². The summed E-state index contributed by atoms with van der Waals surface area (Å²) in [7, 11) is 1.60. The van der Waals surface area contributed by atoms with Gasteiger partial charge in [0.2, 0.25) is 0 Å². The van der Waals surface area contributed by atoms with E-state index in [2.05, 4.69) is 0 Å². The summed E-state index contributed by atoms with van der Waals surface area (Å²) in [6.07, 6.45) is 3.19. The number of carbonyl (C=O) groups excluding carboxylic acids is 1. The monoisotopic (exact) mass is 254 g/mol. The van der Waals surface area contributed by atoms with Gasteiger partial charge >= 0.3 is 0 Å². The van der Waals surface area contributed by atoms with Crippen LogP contribution in [0.5, 0.6) is 11.5 Å². The molecule has 0 bridgehead atoms. The molecule has 0 fully saturated rings. The molecule has 0 aliphatic heterocycles. The number of ketones is 1. The third-order valence-corrected chi connectivity index (χ3v) is 2.65. The molecule has 0 heterocycles. The Morgan fingerprint density at radius 1 is 1.16 bits per heavy atom. The summed E-state index contributed by atoms with van der Waals surface area (Å²) in [6.45, 7) is 0. The molecule has 2 rings (SSSR count). The minimum absolute atomic E-state index is 0.0839. The second kappa shape index (κ2) is 5.87. The molecule has 0 aliphatic rings. The number of benzene rings is 2. The number of aromatic hydroxyl groups is 1. The molecule has 0 radical (unpaired) electrons. The van der Waals surface area contributed by atoms with Crippen LogP contribution in [0.25, 0.3) is 6.08 Å². The van der Waals surface area contributed by atoms with E-state index in [0.29, 0.717) is 5.56 Å². The Morgan fingerprint density at radius 3 is 2.68 bits per heavy atom. The number of hydrogen-bond acceptors (Lipinski definition) is 3. The van der Waals surface area contributed by atoms with Crippen LogP contribution in [0.15, 0.2) is 54.6 Å². The molecular weight excluding hydrogens is 240 g/mol. The molecule has 2 aromatic carbocycles. The fraction of sp³-hybridized carbons (Fsp3) is 0.0625. The van der Waals surface area contributed by atoms with Crippen molar-refractivity contribution in [3.05, 3.63) is 65.7 Å². The first-order chi connectivity index (χ1) is 9.19. The highest BCUT2D eigenvalue weighted by atomic mass is 16.5. The lowest BCUT2D eigenvalue weighted by atomic mass is 10.1. The quantitative estimate of drug-likeness (QED) is 0.672. The number of rotatable bonds is 4. The van der Waals surface area contributed by atoms with E-state index in [1.54, 1.807) is 25.3 Å². The molecule has 96 valence electrons. The van der Waals surface area contributed by atoms with Crippen molar-refractivity contribution >= 4 is 11.9 Å². The van der Waals surface area contributed by atoms with Gasteiger partial charge in [-0.15, -0.1) is 0 Å². The Hall–Kier alpha value is -2.55. The minimum atomic E-state index is -0.154. The number of carbonyl (C=O) groups is 1. The van der Waals surface area contributed by atoms with Crippen LogP contribution in [0.1, 0.15) is 15.9 Å². The summed E-state index contributed by atoms with van der Waals surface area (Å²) in [4.78, 5) is 11.9. The highest BCUT2D eigenvalue weighted by Crippen LogP contribution is 2.15. The highest BCUT2D eigenvalue weighted by molar-refractivity contribution is 6.07. The number of methoxy groups -OCH3 is 1. The molecule has 19 heavy (non-hydrogen) atoms. The van der Waals surface area contributed by atoms with Crippen LogP contribution >= 0.6 is 0 Å². The van der Waals surface area contributed by atoms with Crippen molar-refractivity contribution < 1.29 is 14.6 Å². The molecule has 3 nitrogen and oxygen atoms in total. The van der Waals surface area contributed by atoms with Crippen molar-refractivity contribution in [3.8, 4) is 11.5 Å². The summed E-state index contributed by atoms with van der Waals surface area (Å²) in [5.41, 5.74) is 1.34. The zero-order valence-corrected chi connectivity index (χ0v) is 10.5. The molecule has 0 spiro atoms. The minimum Gasteiger partial charge on any atom is -0.508 e. The van der Waals surface area contributed by atoms with Gasteiger partial charge in [0.05, 0.1) is 7.11 Å².